The normalized spacial score (nSPS) is 26.0. The van der Waals surface area contributed by atoms with Gasteiger partial charge in [0.1, 0.15) is 0 Å². The van der Waals surface area contributed by atoms with Crippen molar-refractivity contribution in [2.24, 2.45) is 11.8 Å². The van der Waals surface area contributed by atoms with Gasteiger partial charge in [0.2, 0.25) is 0 Å². The average Bonchev–Trinajstić information content (AvgIpc) is 2.30. The average molecular weight is 222 g/mol. The van der Waals surface area contributed by atoms with Crippen LogP contribution < -0.4 is 0 Å². The molecular formula is C14H26N2. The van der Waals surface area contributed by atoms with Crippen LogP contribution in [0.2, 0.25) is 0 Å². The Morgan fingerprint density at radius 3 is 1.81 bits per heavy atom. The molecule has 2 heteroatoms. The highest BCUT2D eigenvalue weighted by Crippen LogP contribution is 2.32. The summed E-state index contributed by atoms with van der Waals surface area (Å²) in [5.74, 6) is 1.99. The van der Waals surface area contributed by atoms with Crippen LogP contribution in [0, 0.1) is 11.8 Å². The molecule has 0 atom stereocenters. The van der Waals surface area contributed by atoms with Gasteiger partial charge in [0.15, 0.2) is 0 Å². The summed E-state index contributed by atoms with van der Waals surface area (Å²) in [6.07, 6.45) is 5.63. The third-order valence-electron chi connectivity index (χ3n) is 4.51. The lowest BCUT2D eigenvalue weighted by Gasteiger charge is -2.40. The minimum absolute atomic E-state index is 0.990. The summed E-state index contributed by atoms with van der Waals surface area (Å²) in [5, 5.41) is 0. The zero-order chi connectivity index (χ0) is 11.5. The summed E-state index contributed by atoms with van der Waals surface area (Å²) in [6.45, 7) is 11.3. The fourth-order valence-corrected chi connectivity index (χ4v) is 3.25. The van der Waals surface area contributed by atoms with Gasteiger partial charge in [-0.15, -0.1) is 0 Å². The first-order valence-electron chi connectivity index (χ1n) is 6.76. The molecule has 0 radical (unpaired) electrons. The van der Waals surface area contributed by atoms with Gasteiger partial charge in [0, 0.05) is 18.8 Å². The van der Waals surface area contributed by atoms with Gasteiger partial charge in [-0.05, 0) is 64.6 Å². The number of hydrogen-bond donors (Lipinski definition) is 0. The molecule has 2 fully saturated rings. The summed E-state index contributed by atoms with van der Waals surface area (Å²) in [7, 11) is 2.25. The van der Waals surface area contributed by atoms with Crippen LogP contribution in [0.1, 0.15) is 32.6 Å². The summed E-state index contributed by atoms with van der Waals surface area (Å²) >= 11 is 0. The van der Waals surface area contributed by atoms with E-state index >= 15 is 0 Å². The van der Waals surface area contributed by atoms with E-state index in [-0.39, 0.29) is 0 Å². The van der Waals surface area contributed by atoms with Crippen LogP contribution in [-0.4, -0.2) is 43.0 Å². The lowest BCUT2D eigenvalue weighted by atomic mass is 9.79. The second-order valence-electron chi connectivity index (χ2n) is 5.70. The van der Waals surface area contributed by atoms with Crippen molar-refractivity contribution >= 4 is 0 Å². The largest absolute Gasteiger partial charge is 0.376 e. The van der Waals surface area contributed by atoms with Crippen molar-refractivity contribution in [2.45, 2.75) is 32.6 Å². The maximum absolute atomic E-state index is 4.05. The Balaban J connectivity index is 1.78. The van der Waals surface area contributed by atoms with Crippen LogP contribution >= 0.6 is 0 Å². The molecule has 0 spiro atoms. The lowest BCUT2D eigenvalue weighted by molar-refractivity contribution is 0.119. The molecular weight excluding hydrogens is 196 g/mol. The van der Waals surface area contributed by atoms with Crippen LogP contribution in [0.5, 0.6) is 0 Å². The molecule has 0 aliphatic carbocycles. The first-order chi connectivity index (χ1) is 7.66. The van der Waals surface area contributed by atoms with E-state index < -0.39 is 0 Å². The molecule has 0 aromatic heterocycles. The third-order valence-corrected chi connectivity index (χ3v) is 4.51. The zero-order valence-electron chi connectivity index (χ0n) is 10.9. The first kappa shape index (κ1) is 12.0. The van der Waals surface area contributed by atoms with Gasteiger partial charge in [-0.2, -0.15) is 0 Å². The molecule has 2 heterocycles. The van der Waals surface area contributed by atoms with E-state index in [1.54, 1.807) is 0 Å². The summed E-state index contributed by atoms with van der Waals surface area (Å²) in [5.41, 5.74) is 1.25. The molecule has 2 saturated heterocycles. The number of piperidine rings is 2. The van der Waals surface area contributed by atoms with E-state index in [1.165, 1.54) is 57.6 Å². The minimum Gasteiger partial charge on any atom is -0.376 e. The first-order valence-corrected chi connectivity index (χ1v) is 6.76. The van der Waals surface area contributed by atoms with E-state index in [9.17, 15) is 0 Å². The number of rotatable bonds is 2. The van der Waals surface area contributed by atoms with Gasteiger partial charge < -0.3 is 9.80 Å². The van der Waals surface area contributed by atoms with E-state index in [2.05, 4.69) is 30.4 Å². The van der Waals surface area contributed by atoms with Crippen LogP contribution in [0.15, 0.2) is 12.3 Å². The highest BCUT2D eigenvalue weighted by Gasteiger charge is 2.28. The topological polar surface area (TPSA) is 6.48 Å². The van der Waals surface area contributed by atoms with Crippen molar-refractivity contribution in [3.63, 3.8) is 0 Å². The lowest BCUT2D eigenvalue weighted by Crippen LogP contribution is -2.39. The van der Waals surface area contributed by atoms with Crippen LogP contribution in [0.25, 0.3) is 0 Å². The number of nitrogens with zero attached hydrogens (tertiary/aromatic N) is 2. The van der Waals surface area contributed by atoms with E-state index in [4.69, 9.17) is 0 Å². The van der Waals surface area contributed by atoms with Gasteiger partial charge in [-0.25, -0.2) is 0 Å². The van der Waals surface area contributed by atoms with Crippen LogP contribution in [-0.2, 0) is 0 Å². The maximum Gasteiger partial charge on any atom is 0.0177 e. The molecule has 0 saturated carbocycles. The van der Waals surface area contributed by atoms with Gasteiger partial charge in [-0.3, -0.25) is 0 Å². The highest BCUT2D eigenvalue weighted by atomic mass is 15.1. The van der Waals surface area contributed by atoms with Crippen LogP contribution in [0.3, 0.4) is 0 Å². The van der Waals surface area contributed by atoms with Crippen molar-refractivity contribution < 1.29 is 0 Å². The highest BCUT2D eigenvalue weighted by molar-refractivity contribution is 4.92. The molecule has 0 aromatic rings. The number of hydrogen-bond acceptors (Lipinski definition) is 2. The Kier molecular flexibility index (Phi) is 3.91. The zero-order valence-corrected chi connectivity index (χ0v) is 10.9. The fraction of sp³-hybridized carbons (Fsp3) is 0.857. The molecule has 2 aliphatic heterocycles. The predicted molar refractivity (Wildman–Crippen MR) is 69.3 cm³/mol. The Bertz CT molecular complexity index is 233. The Hall–Kier alpha value is -0.500. The fourth-order valence-electron chi connectivity index (χ4n) is 3.25. The van der Waals surface area contributed by atoms with Gasteiger partial charge >= 0.3 is 0 Å². The summed E-state index contributed by atoms with van der Waals surface area (Å²) in [4.78, 5) is 4.92. The van der Waals surface area contributed by atoms with Crippen molar-refractivity contribution in [3.05, 3.63) is 12.3 Å². The quantitative estimate of drug-likeness (QED) is 0.708. The van der Waals surface area contributed by atoms with Crippen molar-refractivity contribution in [1.29, 1.82) is 0 Å². The molecule has 0 aromatic carbocycles. The minimum atomic E-state index is 0.990. The molecule has 92 valence electrons. The SMILES string of the molecule is C=C(C)N1CCC(C2CCN(C)CC2)CC1. The smallest absolute Gasteiger partial charge is 0.0177 e. The maximum atomic E-state index is 4.05. The molecule has 2 aliphatic rings. The van der Waals surface area contributed by atoms with Gasteiger partial charge in [0.25, 0.3) is 0 Å². The molecule has 0 unspecified atom stereocenters. The van der Waals surface area contributed by atoms with E-state index in [0.717, 1.165) is 11.8 Å². The number of likely N-dealkylation sites (tertiary alicyclic amines) is 2. The Morgan fingerprint density at radius 1 is 0.938 bits per heavy atom. The van der Waals surface area contributed by atoms with E-state index in [0.29, 0.717) is 0 Å². The molecule has 2 rings (SSSR count). The summed E-state index contributed by atoms with van der Waals surface area (Å²) in [6, 6.07) is 0. The second-order valence-corrected chi connectivity index (χ2v) is 5.70. The molecule has 0 N–H and O–H groups in total. The third kappa shape index (κ3) is 2.79. The Labute approximate surface area is 100 Å². The summed E-state index contributed by atoms with van der Waals surface area (Å²) < 4.78 is 0. The number of allylic oxidation sites excluding steroid dienone is 1. The van der Waals surface area contributed by atoms with Crippen molar-refractivity contribution in [3.8, 4) is 0 Å². The van der Waals surface area contributed by atoms with Gasteiger partial charge in [-0.1, -0.05) is 6.58 Å². The Morgan fingerprint density at radius 2 is 1.38 bits per heavy atom. The molecule has 0 amide bonds. The van der Waals surface area contributed by atoms with Crippen molar-refractivity contribution in [1.82, 2.24) is 9.80 Å². The van der Waals surface area contributed by atoms with Crippen molar-refractivity contribution in [2.75, 3.05) is 33.2 Å². The standard InChI is InChI=1S/C14H26N2/c1-12(2)16-10-6-14(7-11-16)13-4-8-15(3)9-5-13/h13-14H,1,4-11H2,2-3H3. The van der Waals surface area contributed by atoms with Crippen LogP contribution in [0.4, 0.5) is 0 Å². The molecule has 16 heavy (non-hydrogen) atoms. The molecule has 0 bridgehead atoms. The van der Waals surface area contributed by atoms with E-state index in [1.807, 2.05) is 0 Å². The second kappa shape index (κ2) is 5.22. The molecule has 2 nitrogen and oxygen atoms in total. The monoisotopic (exact) mass is 222 g/mol. The predicted octanol–water partition coefficient (Wildman–Crippen LogP) is 2.57. The van der Waals surface area contributed by atoms with Gasteiger partial charge in [0.05, 0.1) is 0 Å².